The van der Waals surface area contributed by atoms with E-state index >= 15 is 0 Å². The maximum absolute atomic E-state index is 12.1. The third-order valence-electron chi connectivity index (χ3n) is 2.99. The molecule has 21 heavy (non-hydrogen) atoms. The number of ketones is 2. The molecule has 2 aromatic carbocycles. The number of aromatic hydroxyl groups is 1. The van der Waals surface area contributed by atoms with Gasteiger partial charge >= 0.3 is 0 Å². The van der Waals surface area contributed by atoms with E-state index in [4.69, 9.17) is 16.3 Å². The van der Waals surface area contributed by atoms with Gasteiger partial charge in [0.25, 0.3) is 0 Å². The lowest BCUT2D eigenvalue weighted by Gasteiger charge is -2.06. The van der Waals surface area contributed by atoms with Crippen LogP contribution in [0.5, 0.6) is 11.5 Å². The molecular formula is C16H13ClO4. The number of hydrogen-bond donors (Lipinski definition) is 1. The van der Waals surface area contributed by atoms with Crippen molar-refractivity contribution >= 4 is 23.2 Å². The smallest absolute Gasteiger partial charge is 0.174 e. The van der Waals surface area contributed by atoms with Crippen molar-refractivity contribution in [2.24, 2.45) is 0 Å². The highest BCUT2D eigenvalue weighted by Gasteiger charge is 2.17. The molecule has 5 heteroatoms. The SMILES string of the molecule is COc1ccc(O)c(C(=O)CC(=O)c2ccc(Cl)cc2)c1. The molecule has 0 aliphatic carbocycles. The summed E-state index contributed by atoms with van der Waals surface area (Å²) in [6.45, 7) is 0. The van der Waals surface area contributed by atoms with E-state index in [1.54, 1.807) is 24.3 Å². The lowest BCUT2D eigenvalue weighted by atomic mass is 10.0. The lowest BCUT2D eigenvalue weighted by molar-refractivity contribution is 0.0893. The number of ether oxygens (including phenoxy) is 1. The van der Waals surface area contributed by atoms with Gasteiger partial charge in [0.2, 0.25) is 0 Å². The number of phenolic OH excluding ortho intramolecular Hbond substituents is 1. The molecule has 0 saturated carbocycles. The topological polar surface area (TPSA) is 63.6 Å². The molecule has 1 N–H and O–H groups in total. The van der Waals surface area contributed by atoms with Crippen LogP contribution in [0, 0.1) is 0 Å². The Morgan fingerprint density at radius 2 is 1.76 bits per heavy atom. The second-order valence-electron chi connectivity index (χ2n) is 4.41. The van der Waals surface area contributed by atoms with Gasteiger partial charge in [0.05, 0.1) is 19.1 Å². The largest absolute Gasteiger partial charge is 0.507 e. The standard InChI is InChI=1S/C16H13ClO4/c1-21-12-6-7-14(18)13(8-12)16(20)9-15(19)10-2-4-11(17)5-3-10/h2-8,18H,9H2,1H3. The van der Waals surface area contributed by atoms with Gasteiger partial charge in [-0.25, -0.2) is 0 Å². The van der Waals surface area contributed by atoms with E-state index in [-0.39, 0.29) is 23.5 Å². The van der Waals surface area contributed by atoms with Crippen LogP contribution in [0.2, 0.25) is 5.02 Å². The monoisotopic (exact) mass is 304 g/mol. The maximum atomic E-state index is 12.1. The summed E-state index contributed by atoms with van der Waals surface area (Å²) < 4.78 is 5.00. The quantitative estimate of drug-likeness (QED) is 0.678. The Kier molecular flexibility index (Phi) is 4.60. The van der Waals surface area contributed by atoms with Crippen molar-refractivity contribution in [2.75, 3.05) is 7.11 Å². The molecule has 0 heterocycles. The zero-order chi connectivity index (χ0) is 15.4. The molecule has 0 aliphatic rings. The summed E-state index contributed by atoms with van der Waals surface area (Å²) in [5.74, 6) is -0.537. The van der Waals surface area contributed by atoms with Crippen LogP contribution in [0.3, 0.4) is 0 Å². The molecule has 0 atom stereocenters. The highest BCUT2D eigenvalue weighted by Crippen LogP contribution is 2.24. The Bertz CT molecular complexity index is 677. The highest BCUT2D eigenvalue weighted by molar-refractivity contribution is 6.30. The minimum absolute atomic E-state index is 0.0664. The van der Waals surface area contributed by atoms with E-state index < -0.39 is 5.78 Å². The van der Waals surface area contributed by atoms with Gasteiger partial charge in [-0.1, -0.05) is 11.6 Å². The Morgan fingerprint density at radius 1 is 1.10 bits per heavy atom. The first-order valence-corrected chi connectivity index (χ1v) is 6.58. The Labute approximate surface area is 126 Å². The summed E-state index contributed by atoms with van der Waals surface area (Å²) in [4.78, 5) is 24.2. The van der Waals surface area contributed by atoms with E-state index in [2.05, 4.69) is 0 Å². The molecule has 0 aromatic heterocycles. The predicted octanol–water partition coefficient (Wildman–Crippen LogP) is 3.51. The molecule has 4 nitrogen and oxygen atoms in total. The van der Waals surface area contributed by atoms with Crippen LogP contribution in [0.4, 0.5) is 0 Å². The third-order valence-corrected chi connectivity index (χ3v) is 3.24. The number of rotatable bonds is 5. The summed E-state index contributed by atoms with van der Waals surface area (Å²) in [6.07, 6.45) is -0.331. The molecule has 0 spiro atoms. The van der Waals surface area contributed by atoms with Gasteiger partial charge in [-0.15, -0.1) is 0 Å². The van der Waals surface area contributed by atoms with Crippen LogP contribution >= 0.6 is 11.6 Å². The number of benzene rings is 2. The van der Waals surface area contributed by atoms with Crippen molar-refractivity contribution < 1.29 is 19.4 Å². The molecule has 0 bridgehead atoms. The first kappa shape index (κ1) is 15.1. The fraction of sp³-hybridized carbons (Fsp3) is 0.125. The number of hydrogen-bond acceptors (Lipinski definition) is 4. The van der Waals surface area contributed by atoms with E-state index in [1.165, 1.54) is 25.3 Å². The van der Waals surface area contributed by atoms with Gasteiger partial charge in [0.15, 0.2) is 11.6 Å². The number of phenols is 1. The number of methoxy groups -OCH3 is 1. The van der Waals surface area contributed by atoms with Crippen LogP contribution in [0.15, 0.2) is 42.5 Å². The third kappa shape index (κ3) is 3.61. The minimum Gasteiger partial charge on any atom is -0.507 e. The van der Waals surface area contributed by atoms with Crippen molar-refractivity contribution in [3.8, 4) is 11.5 Å². The Morgan fingerprint density at radius 3 is 2.38 bits per heavy atom. The molecule has 0 unspecified atom stereocenters. The molecule has 0 amide bonds. The zero-order valence-corrected chi connectivity index (χ0v) is 12.1. The fourth-order valence-electron chi connectivity index (χ4n) is 1.84. The number of Topliss-reactive ketones (excluding diaryl/α,β-unsaturated/α-hetero) is 2. The number of carbonyl (C=O) groups is 2. The minimum atomic E-state index is -0.466. The zero-order valence-electron chi connectivity index (χ0n) is 11.3. The van der Waals surface area contributed by atoms with E-state index in [9.17, 15) is 14.7 Å². The van der Waals surface area contributed by atoms with Crippen molar-refractivity contribution in [3.05, 3.63) is 58.6 Å². The fourth-order valence-corrected chi connectivity index (χ4v) is 1.97. The van der Waals surface area contributed by atoms with Crippen LogP contribution in [0.25, 0.3) is 0 Å². The molecule has 0 aliphatic heterocycles. The number of carbonyl (C=O) groups excluding carboxylic acids is 2. The average molecular weight is 305 g/mol. The van der Waals surface area contributed by atoms with Gasteiger partial charge in [-0.05, 0) is 42.5 Å². The normalized spacial score (nSPS) is 10.2. The Hall–Kier alpha value is -2.33. The van der Waals surface area contributed by atoms with Gasteiger partial charge in [-0.3, -0.25) is 9.59 Å². The van der Waals surface area contributed by atoms with Crippen molar-refractivity contribution in [2.45, 2.75) is 6.42 Å². The first-order valence-electron chi connectivity index (χ1n) is 6.20. The van der Waals surface area contributed by atoms with E-state index in [0.29, 0.717) is 16.3 Å². The van der Waals surface area contributed by atoms with E-state index in [1.807, 2.05) is 0 Å². The van der Waals surface area contributed by atoms with Crippen LogP contribution in [0.1, 0.15) is 27.1 Å². The summed E-state index contributed by atoms with van der Waals surface area (Å²) in [5.41, 5.74) is 0.465. The van der Waals surface area contributed by atoms with Crippen LogP contribution < -0.4 is 4.74 Å². The molecule has 2 rings (SSSR count). The molecule has 108 valence electrons. The molecule has 0 fully saturated rings. The highest BCUT2D eigenvalue weighted by atomic mass is 35.5. The average Bonchev–Trinajstić information content (AvgIpc) is 2.48. The lowest BCUT2D eigenvalue weighted by Crippen LogP contribution is -2.09. The molecule has 0 radical (unpaired) electrons. The van der Waals surface area contributed by atoms with Gasteiger partial charge in [0, 0.05) is 10.6 Å². The van der Waals surface area contributed by atoms with Crippen LogP contribution in [-0.2, 0) is 0 Å². The predicted molar refractivity (Wildman–Crippen MR) is 79.4 cm³/mol. The second kappa shape index (κ2) is 6.41. The summed E-state index contributed by atoms with van der Waals surface area (Å²) in [5, 5.41) is 10.2. The van der Waals surface area contributed by atoms with Gasteiger partial charge < -0.3 is 9.84 Å². The molecule has 0 saturated heterocycles. The Balaban J connectivity index is 2.18. The van der Waals surface area contributed by atoms with Crippen molar-refractivity contribution in [1.82, 2.24) is 0 Å². The first-order chi connectivity index (χ1) is 10.0. The second-order valence-corrected chi connectivity index (χ2v) is 4.85. The summed E-state index contributed by atoms with van der Waals surface area (Å²) in [7, 11) is 1.46. The van der Waals surface area contributed by atoms with Crippen molar-refractivity contribution in [1.29, 1.82) is 0 Å². The molecular weight excluding hydrogens is 292 g/mol. The number of halogens is 1. The van der Waals surface area contributed by atoms with Gasteiger partial charge in [-0.2, -0.15) is 0 Å². The molecule has 2 aromatic rings. The van der Waals surface area contributed by atoms with E-state index in [0.717, 1.165) is 0 Å². The van der Waals surface area contributed by atoms with Gasteiger partial charge in [0.1, 0.15) is 11.5 Å². The summed E-state index contributed by atoms with van der Waals surface area (Å²) in [6, 6.07) is 10.6. The summed E-state index contributed by atoms with van der Waals surface area (Å²) >= 11 is 5.75. The van der Waals surface area contributed by atoms with Crippen LogP contribution in [-0.4, -0.2) is 23.8 Å². The maximum Gasteiger partial charge on any atom is 0.174 e. The van der Waals surface area contributed by atoms with Crippen molar-refractivity contribution in [3.63, 3.8) is 0 Å².